The van der Waals surface area contributed by atoms with Gasteiger partial charge in [0.1, 0.15) is 11.5 Å². The van der Waals surface area contributed by atoms with E-state index in [-0.39, 0.29) is 15.9 Å². The van der Waals surface area contributed by atoms with Gasteiger partial charge in [0.2, 0.25) is 0 Å². The molecule has 0 spiro atoms. The van der Waals surface area contributed by atoms with E-state index in [1.807, 2.05) is 0 Å². The maximum atomic E-state index is 11.5. The molecule has 0 heterocycles. The Hall–Kier alpha value is -1.39. The highest BCUT2D eigenvalue weighted by atomic mass is 28.4. The van der Waals surface area contributed by atoms with E-state index in [9.17, 15) is 4.79 Å². The highest BCUT2D eigenvalue weighted by Crippen LogP contribution is 2.70. The van der Waals surface area contributed by atoms with E-state index < -0.39 is 8.32 Å². The van der Waals surface area contributed by atoms with Gasteiger partial charge in [-0.3, -0.25) is 0 Å². The predicted molar refractivity (Wildman–Crippen MR) is 161 cm³/mol. The van der Waals surface area contributed by atoms with Crippen LogP contribution in [0, 0.1) is 22.7 Å². The van der Waals surface area contributed by atoms with Crippen molar-refractivity contribution in [3.8, 4) is 5.75 Å². The van der Waals surface area contributed by atoms with Gasteiger partial charge < -0.3 is 14.0 Å². The van der Waals surface area contributed by atoms with E-state index in [1.165, 1.54) is 44.1 Å². The second-order valence-electron chi connectivity index (χ2n) is 14.6. The molecule has 0 amide bonds. The van der Waals surface area contributed by atoms with E-state index in [0.717, 1.165) is 31.4 Å². The molecule has 38 heavy (non-hydrogen) atoms. The van der Waals surface area contributed by atoms with Crippen molar-refractivity contribution in [2.75, 3.05) is 7.11 Å². The fourth-order valence-electron chi connectivity index (χ4n) is 8.47. The lowest BCUT2D eigenvalue weighted by atomic mass is 9.44. The van der Waals surface area contributed by atoms with Crippen molar-refractivity contribution in [1.82, 2.24) is 0 Å². The maximum Gasteiger partial charge on any atom is 0.192 e. The number of carbonyl (C=O) groups is 1. The van der Waals surface area contributed by atoms with Crippen LogP contribution in [0.15, 0.2) is 30.9 Å². The molecule has 3 nitrogen and oxygen atoms in total. The highest BCUT2D eigenvalue weighted by molar-refractivity contribution is 6.74. The number of carbonyl (C=O) groups excluding carboxylic acids is 1. The van der Waals surface area contributed by atoms with Crippen molar-refractivity contribution in [3.05, 3.63) is 42.0 Å². The zero-order valence-electron chi connectivity index (χ0n) is 25.6. The monoisotopic (exact) mass is 538 g/mol. The molecule has 212 valence electrons. The van der Waals surface area contributed by atoms with Crippen molar-refractivity contribution in [3.63, 3.8) is 0 Å². The zero-order chi connectivity index (χ0) is 27.9. The van der Waals surface area contributed by atoms with Crippen molar-refractivity contribution in [2.24, 2.45) is 22.7 Å². The predicted octanol–water partition coefficient (Wildman–Crippen LogP) is 9.26. The molecule has 3 aliphatic carbocycles. The molecule has 6 atom stereocenters. The first kappa shape index (κ1) is 29.6. The summed E-state index contributed by atoms with van der Waals surface area (Å²) in [5.74, 6) is 3.00. The Kier molecular flexibility index (Phi) is 8.47. The van der Waals surface area contributed by atoms with Crippen LogP contribution in [0.5, 0.6) is 5.75 Å². The van der Waals surface area contributed by atoms with Crippen molar-refractivity contribution >= 4 is 14.1 Å². The van der Waals surface area contributed by atoms with Crippen LogP contribution in [-0.4, -0.2) is 27.3 Å². The van der Waals surface area contributed by atoms with Crippen LogP contribution in [-0.2, 0) is 15.6 Å². The first-order valence-electron chi connectivity index (χ1n) is 15.3. The number of hydrogen-bond donors (Lipinski definition) is 0. The molecule has 0 bridgehead atoms. The first-order valence-corrected chi connectivity index (χ1v) is 18.2. The molecule has 2 saturated carbocycles. The molecule has 4 rings (SSSR count). The van der Waals surface area contributed by atoms with E-state index in [4.69, 9.17) is 9.16 Å². The van der Waals surface area contributed by atoms with Crippen molar-refractivity contribution in [1.29, 1.82) is 0 Å². The van der Waals surface area contributed by atoms with Crippen LogP contribution in [0.1, 0.15) is 109 Å². The molecule has 2 fully saturated rings. The molecule has 4 heteroatoms. The Balaban J connectivity index is 1.71. The van der Waals surface area contributed by atoms with Crippen molar-refractivity contribution < 1.29 is 14.0 Å². The average molecular weight is 539 g/mol. The summed E-state index contributed by atoms with van der Waals surface area (Å²) in [6, 6.07) is 6.84. The van der Waals surface area contributed by atoms with Gasteiger partial charge in [-0.1, -0.05) is 52.7 Å². The van der Waals surface area contributed by atoms with E-state index in [1.54, 1.807) is 19.6 Å². The number of benzene rings is 1. The lowest BCUT2D eigenvalue weighted by molar-refractivity contribution is -0.117. The van der Waals surface area contributed by atoms with Crippen LogP contribution in [0.3, 0.4) is 0 Å². The standard InChI is InChI=1S/C34H54O3Si/c1-10-34-21-20-25-22-27(36-7)16-17-28(25)31(34)26(15-13-11-12-14-24(2)35)23-33(6)29(34)18-19-30(33)37-38(8,9)32(3,4)5/h10,16-17,22,26,29-31H,1,11-15,18-21,23H2,2-9H3/t26-,29+,30-,31+,33-,34-/m0/s1. The summed E-state index contributed by atoms with van der Waals surface area (Å²) in [6.45, 7) is 20.8. The lowest BCUT2D eigenvalue weighted by Gasteiger charge is -2.61. The summed E-state index contributed by atoms with van der Waals surface area (Å²) >= 11 is 0. The van der Waals surface area contributed by atoms with E-state index in [0.29, 0.717) is 29.6 Å². The number of ether oxygens (including phenoxy) is 1. The Morgan fingerprint density at radius 1 is 1.18 bits per heavy atom. The van der Waals surface area contributed by atoms with Gasteiger partial charge in [-0.15, -0.1) is 6.58 Å². The fraction of sp³-hybridized carbons (Fsp3) is 0.735. The summed E-state index contributed by atoms with van der Waals surface area (Å²) < 4.78 is 12.9. The number of fused-ring (bicyclic) bond motifs is 5. The minimum atomic E-state index is -1.88. The van der Waals surface area contributed by atoms with Gasteiger partial charge >= 0.3 is 0 Å². The number of methoxy groups -OCH3 is 1. The van der Waals surface area contributed by atoms with Crippen molar-refractivity contribution in [2.45, 2.75) is 129 Å². The molecule has 0 aliphatic heterocycles. The molecule has 1 aromatic rings. The minimum absolute atomic E-state index is 0.115. The second kappa shape index (κ2) is 10.9. The largest absolute Gasteiger partial charge is 0.497 e. The van der Waals surface area contributed by atoms with E-state index in [2.05, 4.69) is 71.6 Å². The van der Waals surface area contributed by atoms with E-state index >= 15 is 0 Å². The smallest absolute Gasteiger partial charge is 0.192 e. The molecule has 0 radical (unpaired) electrons. The molecular weight excluding hydrogens is 484 g/mol. The third kappa shape index (κ3) is 5.21. The number of unbranched alkanes of at least 4 members (excludes halogenated alkanes) is 2. The molecule has 3 aliphatic rings. The average Bonchev–Trinajstić information content (AvgIpc) is 3.17. The van der Waals surface area contributed by atoms with Crippen LogP contribution >= 0.6 is 0 Å². The number of rotatable bonds is 10. The van der Waals surface area contributed by atoms with Gasteiger partial charge in [-0.25, -0.2) is 0 Å². The maximum absolute atomic E-state index is 11.5. The highest BCUT2D eigenvalue weighted by Gasteiger charge is 2.64. The Morgan fingerprint density at radius 2 is 1.92 bits per heavy atom. The topological polar surface area (TPSA) is 35.5 Å². The van der Waals surface area contributed by atoms with Crippen LogP contribution < -0.4 is 4.74 Å². The van der Waals surface area contributed by atoms with Gasteiger partial charge in [-0.2, -0.15) is 0 Å². The fourth-order valence-corrected chi connectivity index (χ4v) is 9.93. The van der Waals surface area contributed by atoms with Gasteiger partial charge in [0, 0.05) is 6.42 Å². The van der Waals surface area contributed by atoms with Gasteiger partial charge in [0.05, 0.1) is 13.2 Å². The second-order valence-corrected chi connectivity index (χ2v) is 19.4. The minimum Gasteiger partial charge on any atom is -0.497 e. The zero-order valence-corrected chi connectivity index (χ0v) is 26.6. The SMILES string of the molecule is C=C[C@@]12CCc3cc(OC)ccc3[C@H]1[C@@H](CCCCCC(C)=O)C[C@]1(C)[C@@H](O[Si](C)(C)C(C)(C)C)CC[C@H]12. The Morgan fingerprint density at radius 3 is 2.55 bits per heavy atom. The van der Waals surface area contributed by atoms with Gasteiger partial charge in [0.15, 0.2) is 8.32 Å². The molecule has 1 aromatic carbocycles. The van der Waals surface area contributed by atoms with Gasteiger partial charge in [0.25, 0.3) is 0 Å². The number of hydrogen-bond acceptors (Lipinski definition) is 3. The third-order valence-electron chi connectivity index (χ3n) is 11.4. The summed E-state index contributed by atoms with van der Waals surface area (Å²) in [5.41, 5.74) is 3.31. The number of allylic oxidation sites excluding steroid dienone is 1. The molecular formula is C34H54O3Si. The number of aryl methyl sites for hydroxylation is 1. The molecule has 0 saturated heterocycles. The normalized spacial score (nSPS) is 32.7. The first-order chi connectivity index (χ1) is 17.8. The van der Waals surface area contributed by atoms with Crippen LogP contribution in [0.4, 0.5) is 0 Å². The number of Topliss-reactive ketones (excluding diaryl/α,β-unsaturated/α-hetero) is 1. The summed E-state index contributed by atoms with van der Waals surface area (Å²) in [7, 11) is -0.107. The Labute approximate surface area is 234 Å². The number of ketones is 1. The Bertz CT molecular complexity index is 1020. The molecule has 0 unspecified atom stereocenters. The molecule has 0 N–H and O–H groups in total. The van der Waals surface area contributed by atoms with Crippen LogP contribution in [0.2, 0.25) is 18.1 Å². The summed E-state index contributed by atoms with van der Waals surface area (Å²) in [6.07, 6.45) is 14.0. The lowest BCUT2D eigenvalue weighted by Crippen LogP contribution is -2.56. The summed E-state index contributed by atoms with van der Waals surface area (Å²) in [4.78, 5) is 11.5. The summed E-state index contributed by atoms with van der Waals surface area (Å²) in [5, 5.41) is 0.216. The quantitative estimate of drug-likeness (QED) is 0.169. The third-order valence-corrected chi connectivity index (χ3v) is 15.9. The van der Waals surface area contributed by atoms with Crippen LogP contribution in [0.25, 0.3) is 0 Å². The molecule has 0 aromatic heterocycles. The van der Waals surface area contributed by atoms with Gasteiger partial charge in [-0.05, 0) is 122 Å².